The van der Waals surface area contributed by atoms with E-state index in [0.29, 0.717) is 10.6 Å². The number of aryl methyl sites for hydroxylation is 2. The van der Waals surface area contributed by atoms with Gasteiger partial charge in [0.2, 0.25) is 0 Å². The quantitative estimate of drug-likeness (QED) is 0.908. The normalized spacial score (nSPS) is 13.0. The van der Waals surface area contributed by atoms with E-state index in [9.17, 15) is 9.59 Å². The molecule has 2 heterocycles. The third-order valence-corrected chi connectivity index (χ3v) is 4.70. The van der Waals surface area contributed by atoms with Crippen LogP contribution in [0.2, 0.25) is 0 Å². The lowest BCUT2D eigenvalue weighted by molar-refractivity contribution is 0.0696. The minimum Gasteiger partial charge on any atom is -0.478 e. The first kappa shape index (κ1) is 13.8. The van der Waals surface area contributed by atoms with Gasteiger partial charge in [0.25, 0.3) is 5.91 Å². The van der Waals surface area contributed by atoms with Gasteiger partial charge in [-0.3, -0.25) is 9.78 Å². The number of fused-ring (bicyclic) bond motifs is 1. The highest BCUT2D eigenvalue weighted by Crippen LogP contribution is 2.30. The van der Waals surface area contributed by atoms with Crippen LogP contribution in [0.15, 0.2) is 24.4 Å². The largest absolute Gasteiger partial charge is 0.478 e. The monoisotopic (exact) mass is 302 g/mol. The molecular weight excluding hydrogens is 288 g/mol. The Morgan fingerprint density at radius 1 is 1.33 bits per heavy atom. The molecule has 1 aliphatic carbocycles. The summed E-state index contributed by atoms with van der Waals surface area (Å²) in [4.78, 5) is 29.1. The zero-order valence-corrected chi connectivity index (χ0v) is 12.1. The zero-order valence-electron chi connectivity index (χ0n) is 11.3. The van der Waals surface area contributed by atoms with E-state index in [4.69, 9.17) is 5.11 Å². The van der Waals surface area contributed by atoms with E-state index in [1.165, 1.54) is 35.2 Å². The van der Waals surface area contributed by atoms with Gasteiger partial charge < -0.3 is 10.4 Å². The second-order valence-electron chi connectivity index (χ2n) is 4.94. The zero-order chi connectivity index (χ0) is 14.8. The first-order chi connectivity index (χ1) is 10.1. The molecule has 3 rings (SSSR count). The van der Waals surface area contributed by atoms with Crippen molar-refractivity contribution in [3.8, 4) is 0 Å². The number of pyridine rings is 1. The Labute approximate surface area is 125 Å². The molecule has 108 valence electrons. The molecule has 21 heavy (non-hydrogen) atoms. The molecule has 0 fully saturated rings. The Bertz CT molecular complexity index is 687. The lowest BCUT2D eigenvalue weighted by Gasteiger charge is -2.04. The van der Waals surface area contributed by atoms with Gasteiger partial charge in [0.15, 0.2) is 0 Å². The topological polar surface area (TPSA) is 79.3 Å². The summed E-state index contributed by atoms with van der Waals surface area (Å²) < 4.78 is 0. The van der Waals surface area contributed by atoms with Crippen molar-refractivity contribution in [2.24, 2.45) is 0 Å². The molecule has 0 atom stereocenters. The standard InChI is InChI=1S/C15H14N2O3S/c18-14(13-7-9-2-1-3-12(9)21-13)17-8-11-6-10(15(19)20)4-5-16-11/h4-7H,1-3,8H2,(H,17,18)(H,19,20). The maximum absolute atomic E-state index is 12.1. The lowest BCUT2D eigenvalue weighted by atomic mass is 10.2. The van der Waals surface area contributed by atoms with E-state index < -0.39 is 5.97 Å². The molecule has 0 radical (unpaired) electrons. The van der Waals surface area contributed by atoms with Crippen molar-refractivity contribution in [2.75, 3.05) is 0 Å². The summed E-state index contributed by atoms with van der Waals surface area (Å²) in [7, 11) is 0. The predicted octanol–water partition coefficient (Wildman–Crippen LogP) is 2.26. The maximum atomic E-state index is 12.1. The third kappa shape index (κ3) is 2.95. The van der Waals surface area contributed by atoms with Gasteiger partial charge in [-0.05, 0) is 43.0 Å². The van der Waals surface area contributed by atoms with Gasteiger partial charge in [-0.25, -0.2) is 4.79 Å². The predicted molar refractivity (Wildman–Crippen MR) is 78.7 cm³/mol. The number of thiophene rings is 1. The highest BCUT2D eigenvalue weighted by molar-refractivity contribution is 7.14. The number of carboxylic acids is 1. The third-order valence-electron chi connectivity index (χ3n) is 3.46. The fraction of sp³-hybridized carbons (Fsp3) is 0.267. The molecular formula is C15H14N2O3S. The van der Waals surface area contributed by atoms with Crippen LogP contribution in [0.1, 0.15) is 42.6 Å². The average Bonchev–Trinajstić information content (AvgIpc) is 3.06. The fourth-order valence-electron chi connectivity index (χ4n) is 2.41. The molecule has 0 aromatic carbocycles. The first-order valence-electron chi connectivity index (χ1n) is 6.71. The number of aromatic nitrogens is 1. The number of amides is 1. The number of rotatable bonds is 4. The van der Waals surface area contributed by atoms with Crippen molar-refractivity contribution in [3.63, 3.8) is 0 Å². The molecule has 2 aromatic rings. The molecule has 0 aliphatic heterocycles. The minimum atomic E-state index is -1.00. The van der Waals surface area contributed by atoms with Gasteiger partial charge in [-0.2, -0.15) is 0 Å². The van der Waals surface area contributed by atoms with Crippen LogP contribution in [0.3, 0.4) is 0 Å². The number of nitrogens with one attached hydrogen (secondary N) is 1. The van der Waals surface area contributed by atoms with Crippen LogP contribution in [0.4, 0.5) is 0 Å². The fourth-order valence-corrected chi connectivity index (χ4v) is 3.58. The Kier molecular flexibility index (Phi) is 3.70. The molecule has 5 nitrogen and oxygen atoms in total. The Hall–Kier alpha value is -2.21. The van der Waals surface area contributed by atoms with E-state index in [-0.39, 0.29) is 18.0 Å². The number of carbonyl (C=O) groups is 2. The van der Waals surface area contributed by atoms with Crippen molar-refractivity contribution < 1.29 is 14.7 Å². The number of aromatic carboxylic acids is 1. The van der Waals surface area contributed by atoms with Crippen LogP contribution < -0.4 is 5.32 Å². The summed E-state index contributed by atoms with van der Waals surface area (Å²) >= 11 is 1.55. The number of nitrogens with zero attached hydrogens (tertiary/aromatic N) is 1. The van der Waals surface area contributed by atoms with E-state index in [1.54, 1.807) is 11.3 Å². The van der Waals surface area contributed by atoms with Gasteiger partial charge in [0.05, 0.1) is 22.7 Å². The van der Waals surface area contributed by atoms with Gasteiger partial charge in [0, 0.05) is 11.1 Å². The summed E-state index contributed by atoms with van der Waals surface area (Å²) in [6, 6.07) is 4.86. The summed E-state index contributed by atoms with van der Waals surface area (Å²) in [6.07, 6.45) is 4.73. The van der Waals surface area contributed by atoms with E-state index in [1.807, 2.05) is 6.07 Å². The number of hydrogen-bond acceptors (Lipinski definition) is 4. The van der Waals surface area contributed by atoms with Crippen molar-refractivity contribution >= 4 is 23.2 Å². The smallest absolute Gasteiger partial charge is 0.335 e. The number of carbonyl (C=O) groups excluding carboxylic acids is 1. The molecule has 0 bridgehead atoms. The average molecular weight is 302 g/mol. The van der Waals surface area contributed by atoms with Gasteiger partial charge in [-0.15, -0.1) is 11.3 Å². The van der Waals surface area contributed by atoms with E-state index in [2.05, 4.69) is 10.3 Å². The summed E-state index contributed by atoms with van der Waals surface area (Å²) in [6.45, 7) is 0.225. The second-order valence-corrected chi connectivity index (χ2v) is 6.07. The Morgan fingerprint density at radius 2 is 2.19 bits per heavy atom. The maximum Gasteiger partial charge on any atom is 0.335 e. The van der Waals surface area contributed by atoms with Gasteiger partial charge in [0.1, 0.15) is 0 Å². The second kappa shape index (κ2) is 5.65. The van der Waals surface area contributed by atoms with Gasteiger partial charge >= 0.3 is 5.97 Å². The highest BCUT2D eigenvalue weighted by Gasteiger charge is 2.18. The summed E-state index contributed by atoms with van der Waals surface area (Å²) in [5.74, 6) is -1.13. The molecule has 0 saturated heterocycles. The van der Waals surface area contributed by atoms with Crippen LogP contribution in [0.25, 0.3) is 0 Å². The van der Waals surface area contributed by atoms with Crippen LogP contribution in [0.5, 0.6) is 0 Å². The Balaban J connectivity index is 1.65. The molecule has 0 saturated carbocycles. The molecule has 6 heteroatoms. The lowest BCUT2D eigenvalue weighted by Crippen LogP contribution is -2.22. The van der Waals surface area contributed by atoms with Gasteiger partial charge in [-0.1, -0.05) is 0 Å². The molecule has 1 aliphatic rings. The van der Waals surface area contributed by atoms with Crippen LogP contribution in [0, 0.1) is 0 Å². The Morgan fingerprint density at radius 3 is 2.95 bits per heavy atom. The molecule has 2 N–H and O–H groups in total. The molecule has 1 amide bonds. The van der Waals surface area contributed by atoms with E-state index in [0.717, 1.165) is 12.8 Å². The highest BCUT2D eigenvalue weighted by atomic mass is 32.1. The van der Waals surface area contributed by atoms with Crippen LogP contribution in [-0.4, -0.2) is 22.0 Å². The molecule has 0 unspecified atom stereocenters. The van der Waals surface area contributed by atoms with Crippen molar-refractivity contribution in [3.05, 3.63) is 51.0 Å². The number of carboxylic acid groups (broad SMARTS) is 1. The van der Waals surface area contributed by atoms with Crippen molar-refractivity contribution in [1.29, 1.82) is 0 Å². The molecule has 2 aromatic heterocycles. The first-order valence-corrected chi connectivity index (χ1v) is 7.53. The minimum absolute atomic E-state index is 0.128. The van der Waals surface area contributed by atoms with Crippen molar-refractivity contribution in [1.82, 2.24) is 10.3 Å². The van der Waals surface area contributed by atoms with Crippen LogP contribution in [-0.2, 0) is 19.4 Å². The summed E-state index contributed by atoms with van der Waals surface area (Å²) in [5, 5.41) is 11.7. The van der Waals surface area contributed by atoms with Crippen LogP contribution >= 0.6 is 11.3 Å². The summed E-state index contributed by atoms with van der Waals surface area (Å²) in [5.41, 5.74) is 1.99. The van der Waals surface area contributed by atoms with E-state index >= 15 is 0 Å². The number of hydrogen-bond donors (Lipinski definition) is 2. The SMILES string of the molecule is O=C(O)c1ccnc(CNC(=O)c2cc3c(s2)CCC3)c1. The van der Waals surface area contributed by atoms with Crippen molar-refractivity contribution in [2.45, 2.75) is 25.8 Å². The molecule has 0 spiro atoms.